The minimum atomic E-state index is 0.0686. The van der Waals surface area contributed by atoms with E-state index in [9.17, 15) is 0 Å². The molecule has 0 aliphatic carbocycles. The quantitative estimate of drug-likeness (QED) is 0.734. The summed E-state index contributed by atoms with van der Waals surface area (Å²) in [5.74, 6) is 1.67. The number of aromatic nitrogens is 4. The van der Waals surface area contributed by atoms with Crippen LogP contribution < -0.4 is 15.8 Å². The zero-order chi connectivity index (χ0) is 13.0. The molecule has 96 valence electrons. The minimum absolute atomic E-state index is 0.0686. The number of hydrogen-bond donors (Lipinski definition) is 3. The highest BCUT2D eigenvalue weighted by atomic mass is 16.5. The highest BCUT2D eigenvalue weighted by molar-refractivity contribution is 5.41. The molecule has 0 saturated heterocycles. The molecule has 0 bridgehead atoms. The van der Waals surface area contributed by atoms with Crippen molar-refractivity contribution in [2.24, 2.45) is 0 Å². The summed E-state index contributed by atoms with van der Waals surface area (Å²) >= 11 is 0. The maximum absolute atomic E-state index is 5.68. The Balaban J connectivity index is 1.99. The van der Waals surface area contributed by atoms with Gasteiger partial charge in [0, 0.05) is 12.1 Å². The van der Waals surface area contributed by atoms with E-state index < -0.39 is 0 Å². The second-order valence-corrected chi connectivity index (χ2v) is 4.07. The van der Waals surface area contributed by atoms with Crippen molar-refractivity contribution >= 4 is 11.6 Å². The van der Waals surface area contributed by atoms with Gasteiger partial charge in [-0.05, 0) is 13.8 Å². The summed E-state index contributed by atoms with van der Waals surface area (Å²) in [7, 11) is 0. The predicted molar refractivity (Wildman–Crippen MR) is 68.1 cm³/mol. The number of aromatic amines is 1. The lowest BCUT2D eigenvalue weighted by atomic mass is 10.3. The second-order valence-electron chi connectivity index (χ2n) is 4.07. The average Bonchev–Trinajstić information content (AvgIpc) is 2.72. The molecule has 0 fully saturated rings. The molecule has 0 spiro atoms. The van der Waals surface area contributed by atoms with Crippen LogP contribution in [0, 0.1) is 0 Å². The normalized spacial score (nSPS) is 10.6. The number of nitrogens with one attached hydrogen (secondary N) is 2. The van der Waals surface area contributed by atoms with Gasteiger partial charge >= 0.3 is 0 Å². The first-order valence-corrected chi connectivity index (χ1v) is 5.65. The predicted octanol–water partition coefficient (Wildman–Crippen LogP) is 1.18. The topological polar surface area (TPSA) is 102 Å². The van der Waals surface area contributed by atoms with E-state index in [1.54, 1.807) is 18.6 Å². The monoisotopic (exact) mass is 248 g/mol. The molecule has 4 N–H and O–H groups in total. The molecule has 0 aliphatic rings. The van der Waals surface area contributed by atoms with Crippen molar-refractivity contribution in [3.63, 3.8) is 0 Å². The van der Waals surface area contributed by atoms with E-state index >= 15 is 0 Å². The van der Waals surface area contributed by atoms with Crippen molar-refractivity contribution in [3.05, 3.63) is 24.2 Å². The van der Waals surface area contributed by atoms with E-state index in [0.29, 0.717) is 24.1 Å². The van der Waals surface area contributed by atoms with Crippen LogP contribution in [0.1, 0.15) is 19.4 Å². The van der Waals surface area contributed by atoms with Gasteiger partial charge in [-0.25, -0.2) is 0 Å². The Morgan fingerprint density at radius 1 is 1.39 bits per heavy atom. The minimum Gasteiger partial charge on any atom is -0.474 e. The smallest absolute Gasteiger partial charge is 0.234 e. The fraction of sp³-hybridized carbons (Fsp3) is 0.364. The molecular weight excluding hydrogens is 232 g/mol. The lowest BCUT2D eigenvalue weighted by molar-refractivity contribution is 0.232. The molecule has 7 nitrogen and oxygen atoms in total. The van der Waals surface area contributed by atoms with E-state index in [0.717, 1.165) is 5.56 Å². The van der Waals surface area contributed by atoms with Gasteiger partial charge < -0.3 is 15.8 Å². The van der Waals surface area contributed by atoms with Crippen LogP contribution in [0.4, 0.5) is 11.6 Å². The van der Waals surface area contributed by atoms with Crippen molar-refractivity contribution in [1.82, 2.24) is 20.2 Å². The van der Waals surface area contributed by atoms with Crippen molar-refractivity contribution in [3.8, 4) is 5.88 Å². The first kappa shape index (κ1) is 12.2. The largest absolute Gasteiger partial charge is 0.474 e. The summed E-state index contributed by atoms with van der Waals surface area (Å²) < 4.78 is 5.46. The maximum Gasteiger partial charge on any atom is 0.234 e. The van der Waals surface area contributed by atoms with Crippen molar-refractivity contribution in [2.45, 2.75) is 26.5 Å². The van der Waals surface area contributed by atoms with E-state index in [1.807, 2.05) is 13.8 Å². The summed E-state index contributed by atoms with van der Waals surface area (Å²) in [6.45, 7) is 4.41. The van der Waals surface area contributed by atoms with E-state index in [-0.39, 0.29) is 6.10 Å². The zero-order valence-corrected chi connectivity index (χ0v) is 10.3. The van der Waals surface area contributed by atoms with Crippen molar-refractivity contribution in [2.75, 3.05) is 11.1 Å². The fourth-order valence-corrected chi connectivity index (χ4v) is 1.38. The first-order valence-electron chi connectivity index (χ1n) is 5.65. The van der Waals surface area contributed by atoms with Gasteiger partial charge in [-0.1, -0.05) is 0 Å². The summed E-state index contributed by atoms with van der Waals surface area (Å²) in [6, 6.07) is 0. The number of H-pyrrole nitrogens is 1. The standard InChI is InChI=1S/C11H16N6O/c1-7(2)18-10-6-13-5-9(16-10)14-3-8-4-15-17-11(8)12/h4-7H,3H2,1-2H3,(H,14,16)(H3,12,15,17). The van der Waals surface area contributed by atoms with Crippen LogP contribution in [-0.2, 0) is 6.54 Å². The number of hydrogen-bond acceptors (Lipinski definition) is 6. The number of nitrogens with two attached hydrogens (primary N) is 1. The van der Waals surface area contributed by atoms with Gasteiger partial charge in [0.25, 0.3) is 0 Å². The molecular formula is C11H16N6O. The Hall–Kier alpha value is -2.31. The van der Waals surface area contributed by atoms with Crippen LogP contribution >= 0.6 is 0 Å². The highest BCUT2D eigenvalue weighted by Gasteiger charge is 2.04. The Labute approximate surface area is 105 Å². The molecule has 0 amide bonds. The Kier molecular flexibility index (Phi) is 3.61. The first-order chi connectivity index (χ1) is 8.65. The van der Waals surface area contributed by atoms with Gasteiger partial charge in [0.15, 0.2) is 0 Å². The summed E-state index contributed by atoms with van der Waals surface area (Å²) in [5.41, 5.74) is 6.56. The van der Waals surface area contributed by atoms with E-state index in [4.69, 9.17) is 10.5 Å². The Bertz CT molecular complexity index is 510. The van der Waals surface area contributed by atoms with E-state index in [1.165, 1.54) is 0 Å². The molecule has 2 heterocycles. The van der Waals surface area contributed by atoms with Crippen LogP contribution in [-0.4, -0.2) is 26.3 Å². The third-order valence-corrected chi connectivity index (χ3v) is 2.18. The Morgan fingerprint density at radius 3 is 2.89 bits per heavy atom. The van der Waals surface area contributed by atoms with Crippen molar-refractivity contribution < 1.29 is 4.74 Å². The lowest BCUT2D eigenvalue weighted by Gasteiger charge is -2.09. The van der Waals surface area contributed by atoms with Gasteiger partial charge in [-0.2, -0.15) is 10.1 Å². The number of nitrogen functional groups attached to an aromatic ring is 1. The molecule has 2 aromatic heterocycles. The number of rotatable bonds is 5. The number of ether oxygens (including phenoxy) is 1. The second kappa shape index (κ2) is 5.35. The third-order valence-electron chi connectivity index (χ3n) is 2.18. The molecule has 0 saturated carbocycles. The van der Waals surface area contributed by atoms with Crippen LogP contribution in [0.15, 0.2) is 18.6 Å². The summed E-state index contributed by atoms with van der Waals surface area (Å²) in [5, 5.41) is 9.62. The summed E-state index contributed by atoms with van der Waals surface area (Å²) in [6.07, 6.45) is 4.95. The van der Waals surface area contributed by atoms with Gasteiger partial charge in [-0.3, -0.25) is 10.1 Å². The summed E-state index contributed by atoms with van der Waals surface area (Å²) in [4.78, 5) is 8.33. The van der Waals surface area contributed by atoms with Gasteiger partial charge in [0.05, 0.1) is 24.7 Å². The van der Waals surface area contributed by atoms with Gasteiger partial charge in [0.2, 0.25) is 5.88 Å². The molecule has 7 heteroatoms. The molecule has 0 radical (unpaired) electrons. The van der Waals surface area contributed by atoms with Gasteiger partial charge in [0.1, 0.15) is 11.6 Å². The lowest BCUT2D eigenvalue weighted by Crippen LogP contribution is -2.09. The molecule has 0 aliphatic heterocycles. The third kappa shape index (κ3) is 3.09. The number of nitrogens with zero attached hydrogens (tertiary/aromatic N) is 3. The molecule has 0 unspecified atom stereocenters. The average molecular weight is 248 g/mol. The SMILES string of the molecule is CC(C)Oc1cncc(NCc2cn[nH]c2N)n1. The number of anilines is 2. The van der Waals surface area contributed by atoms with E-state index in [2.05, 4.69) is 25.5 Å². The fourth-order valence-electron chi connectivity index (χ4n) is 1.38. The molecule has 2 aromatic rings. The molecule has 0 atom stereocenters. The van der Waals surface area contributed by atoms with Gasteiger partial charge in [-0.15, -0.1) is 0 Å². The molecule has 18 heavy (non-hydrogen) atoms. The van der Waals surface area contributed by atoms with Crippen LogP contribution in [0.2, 0.25) is 0 Å². The molecule has 2 rings (SSSR count). The maximum atomic E-state index is 5.68. The van der Waals surface area contributed by atoms with Crippen molar-refractivity contribution in [1.29, 1.82) is 0 Å². The highest BCUT2D eigenvalue weighted by Crippen LogP contribution is 2.13. The van der Waals surface area contributed by atoms with Crippen LogP contribution in [0.5, 0.6) is 5.88 Å². The van der Waals surface area contributed by atoms with Crippen LogP contribution in [0.25, 0.3) is 0 Å². The van der Waals surface area contributed by atoms with Crippen LogP contribution in [0.3, 0.4) is 0 Å². The molecule has 0 aromatic carbocycles. The Morgan fingerprint density at radius 2 is 2.22 bits per heavy atom. The zero-order valence-electron chi connectivity index (χ0n) is 10.3.